The van der Waals surface area contributed by atoms with E-state index in [0.717, 1.165) is 25.2 Å². The lowest BCUT2D eigenvalue weighted by Gasteiger charge is -2.12. The van der Waals surface area contributed by atoms with Crippen molar-refractivity contribution in [2.24, 2.45) is 5.92 Å². The number of unbranched alkanes of at least 4 members (excludes halogenated alkanes) is 10. The first-order valence-corrected chi connectivity index (χ1v) is 12.4. The van der Waals surface area contributed by atoms with Crippen LogP contribution in [0.5, 0.6) is 0 Å². The zero-order chi connectivity index (χ0) is 19.2. The number of phosphoric acid groups is 2. The minimum absolute atomic E-state index is 0.0514. The lowest BCUT2D eigenvalue weighted by molar-refractivity contribution is 0.176. The van der Waals surface area contributed by atoms with Crippen molar-refractivity contribution in [2.75, 3.05) is 6.61 Å². The van der Waals surface area contributed by atoms with Gasteiger partial charge in [0.2, 0.25) is 0 Å². The van der Waals surface area contributed by atoms with Gasteiger partial charge in [0, 0.05) is 0 Å². The lowest BCUT2D eigenvalue weighted by atomic mass is 10.0. The van der Waals surface area contributed by atoms with Crippen molar-refractivity contribution in [1.82, 2.24) is 0 Å². The summed E-state index contributed by atoms with van der Waals surface area (Å²) in [5.41, 5.74) is 0. The third-order valence-electron chi connectivity index (χ3n) is 3.89. The van der Waals surface area contributed by atoms with E-state index in [9.17, 15) is 9.13 Å². The van der Waals surface area contributed by atoms with Crippen LogP contribution in [0.1, 0.15) is 90.9 Å². The van der Waals surface area contributed by atoms with E-state index in [4.69, 9.17) is 14.7 Å². The Morgan fingerprint density at radius 2 is 1.12 bits per heavy atom. The van der Waals surface area contributed by atoms with Gasteiger partial charge >= 0.3 is 15.6 Å². The van der Waals surface area contributed by atoms with Gasteiger partial charge in [-0.15, -0.1) is 0 Å². The molecule has 0 rings (SSSR count). The van der Waals surface area contributed by atoms with E-state index < -0.39 is 15.6 Å². The third kappa shape index (κ3) is 20.4. The molecule has 3 N–H and O–H groups in total. The van der Waals surface area contributed by atoms with Gasteiger partial charge in [-0.3, -0.25) is 4.52 Å². The van der Waals surface area contributed by atoms with E-state index in [1.807, 2.05) is 0 Å². The third-order valence-corrected chi connectivity index (χ3v) is 6.08. The van der Waals surface area contributed by atoms with Gasteiger partial charge in [0.1, 0.15) is 0 Å². The Morgan fingerprint density at radius 3 is 1.52 bits per heavy atom. The van der Waals surface area contributed by atoms with Gasteiger partial charge in [0.25, 0.3) is 0 Å². The van der Waals surface area contributed by atoms with E-state index in [0.29, 0.717) is 6.42 Å². The predicted octanol–water partition coefficient (Wildman–Crippen LogP) is 5.55. The van der Waals surface area contributed by atoms with Crippen molar-refractivity contribution in [3.8, 4) is 0 Å². The van der Waals surface area contributed by atoms with Gasteiger partial charge in [-0.1, -0.05) is 84.5 Å². The molecule has 0 fully saturated rings. The first kappa shape index (κ1) is 25.3. The highest BCUT2D eigenvalue weighted by molar-refractivity contribution is 7.60. The summed E-state index contributed by atoms with van der Waals surface area (Å²) < 4.78 is 29.9. The summed E-state index contributed by atoms with van der Waals surface area (Å²) in [5, 5.41) is 0. The van der Waals surface area contributed by atoms with Gasteiger partial charge in [0.15, 0.2) is 0 Å². The fraction of sp³-hybridized carbons (Fsp3) is 1.00. The van der Waals surface area contributed by atoms with Gasteiger partial charge in [-0.2, -0.15) is 4.31 Å². The van der Waals surface area contributed by atoms with Crippen molar-refractivity contribution in [3.63, 3.8) is 0 Å². The molecule has 0 bridgehead atoms. The molecular formula is C16H36O7P2. The molecule has 1 unspecified atom stereocenters. The largest absolute Gasteiger partial charge is 0.481 e. The monoisotopic (exact) mass is 402 g/mol. The molecular weight excluding hydrogens is 366 g/mol. The number of hydrogen-bond acceptors (Lipinski definition) is 4. The van der Waals surface area contributed by atoms with Crippen molar-refractivity contribution in [2.45, 2.75) is 90.9 Å². The zero-order valence-electron chi connectivity index (χ0n) is 15.6. The van der Waals surface area contributed by atoms with Crippen LogP contribution in [-0.2, 0) is 18.0 Å². The highest BCUT2D eigenvalue weighted by Gasteiger charge is 2.31. The quantitative estimate of drug-likeness (QED) is 0.216. The first-order valence-electron chi connectivity index (χ1n) is 9.36. The number of rotatable bonds is 17. The van der Waals surface area contributed by atoms with Crippen molar-refractivity contribution in [3.05, 3.63) is 0 Å². The molecule has 0 saturated carbocycles. The average molecular weight is 402 g/mol. The van der Waals surface area contributed by atoms with Crippen LogP contribution in [0.4, 0.5) is 0 Å². The predicted molar refractivity (Wildman–Crippen MR) is 99.1 cm³/mol. The second kappa shape index (κ2) is 14.3. The van der Waals surface area contributed by atoms with Crippen LogP contribution in [0, 0.1) is 5.92 Å². The number of phosphoric ester groups is 1. The van der Waals surface area contributed by atoms with Crippen LogP contribution in [0.15, 0.2) is 0 Å². The van der Waals surface area contributed by atoms with Gasteiger partial charge < -0.3 is 14.7 Å². The van der Waals surface area contributed by atoms with Crippen molar-refractivity contribution >= 4 is 15.6 Å². The standard InChI is InChI=1S/C16H36O7P2/c1-16(2)14-12-10-8-6-4-3-5-7-9-11-13-15-22-25(20,21)23-24(17,18)19/h16H,3-15H2,1-2H3,(H,20,21)(H2,17,18,19). The Kier molecular flexibility index (Phi) is 14.5. The lowest BCUT2D eigenvalue weighted by Crippen LogP contribution is -1.96. The maximum absolute atomic E-state index is 11.2. The molecule has 0 aliphatic heterocycles. The van der Waals surface area contributed by atoms with E-state index in [-0.39, 0.29) is 6.61 Å². The molecule has 152 valence electrons. The highest BCUT2D eigenvalue weighted by Crippen LogP contribution is 2.57. The molecule has 9 heteroatoms. The Bertz CT molecular complexity index is 409. The van der Waals surface area contributed by atoms with Crippen LogP contribution in [0.2, 0.25) is 0 Å². The summed E-state index contributed by atoms with van der Waals surface area (Å²) in [6.07, 6.45) is 14.0. The second-order valence-corrected chi connectivity index (χ2v) is 9.78. The topological polar surface area (TPSA) is 113 Å². The summed E-state index contributed by atoms with van der Waals surface area (Å²) in [7, 11) is -9.68. The van der Waals surface area contributed by atoms with E-state index in [2.05, 4.69) is 22.7 Å². The maximum atomic E-state index is 11.2. The summed E-state index contributed by atoms with van der Waals surface area (Å²) in [5.74, 6) is 0.813. The number of hydrogen-bond donors (Lipinski definition) is 3. The molecule has 0 aliphatic carbocycles. The second-order valence-electron chi connectivity index (χ2n) is 6.95. The molecule has 0 aliphatic rings. The minimum Gasteiger partial charge on any atom is -0.302 e. The smallest absolute Gasteiger partial charge is 0.302 e. The summed E-state index contributed by atoms with van der Waals surface area (Å²) in [6.45, 7) is 4.49. The normalized spacial score (nSPS) is 14.8. The van der Waals surface area contributed by atoms with Gasteiger partial charge in [0.05, 0.1) is 6.61 Å². The van der Waals surface area contributed by atoms with Crippen LogP contribution >= 0.6 is 15.6 Å². The molecule has 7 nitrogen and oxygen atoms in total. The molecule has 0 aromatic carbocycles. The van der Waals surface area contributed by atoms with E-state index in [1.165, 1.54) is 51.4 Å². The molecule has 0 radical (unpaired) electrons. The molecule has 0 heterocycles. The van der Waals surface area contributed by atoms with Gasteiger partial charge in [-0.05, 0) is 12.3 Å². The fourth-order valence-corrected chi connectivity index (χ4v) is 4.21. The molecule has 0 aromatic heterocycles. The Morgan fingerprint density at radius 1 is 0.720 bits per heavy atom. The van der Waals surface area contributed by atoms with Gasteiger partial charge in [-0.25, -0.2) is 9.13 Å². The molecule has 0 saturated heterocycles. The Hall–Kier alpha value is 0.260. The fourth-order valence-electron chi connectivity index (χ4n) is 2.58. The summed E-state index contributed by atoms with van der Waals surface area (Å²) in [4.78, 5) is 26.0. The first-order chi connectivity index (χ1) is 11.6. The van der Waals surface area contributed by atoms with Crippen molar-refractivity contribution in [1.29, 1.82) is 0 Å². The molecule has 0 amide bonds. The molecule has 0 aromatic rings. The highest BCUT2D eigenvalue weighted by atomic mass is 31.3. The van der Waals surface area contributed by atoms with E-state index >= 15 is 0 Å². The van der Waals surface area contributed by atoms with Crippen LogP contribution in [0.25, 0.3) is 0 Å². The molecule has 1 atom stereocenters. The maximum Gasteiger partial charge on any atom is 0.481 e. The van der Waals surface area contributed by atoms with Crippen LogP contribution in [0.3, 0.4) is 0 Å². The summed E-state index contributed by atoms with van der Waals surface area (Å²) >= 11 is 0. The summed E-state index contributed by atoms with van der Waals surface area (Å²) in [6, 6.07) is 0. The Labute approximate surface area is 152 Å². The minimum atomic E-state index is -5.02. The van der Waals surface area contributed by atoms with Crippen LogP contribution < -0.4 is 0 Å². The average Bonchev–Trinajstić information content (AvgIpc) is 2.44. The van der Waals surface area contributed by atoms with Crippen LogP contribution in [-0.4, -0.2) is 21.3 Å². The molecule has 0 spiro atoms. The SMILES string of the molecule is CC(C)CCCCCCCCCCCCCOP(=O)(O)OP(=O)(O)O. The van der Waals surface area contributed by atoms with E-state index in [1.54, 1.807) is 0 Å². The Balaban J connectivity index is 3.32. The van der Waals surface area contributed by atoms with Crippen molar-refractivity contribution < 1.29 is 32.6 Å². The molecule has 25 heavy (non-hydrogen) atoms. The zero-order valence-corrected chi connectivity index (χ0v) is 17.4.